The number of carbonyl (C=O) groups excluding carboxylic acids is 1. The lowest BCUT2D eigenvalue weighted by atomic mass is 10.0. The predicted molar refractivity (Wildman–Crippen MR) is 135 cm³/mol. The molecule has 1 unspecified atom stereocenters. The van der Waals surface area contributed by atoms with Gasteiger partial charge in [0.05, 0.1) is 5.75 Å². The van der Waals surface area contributed by atoms with Gasteiger partial charge in [0.1, 0.15) is 5.75 Å². The molecule has 0 aromatic heterocycles. The number of hydrogen-bond donors (Lipinski definition) is 0. The molecule has 6 nitrogen and oxygen atoms in total. The smallest absolute Gasteiger partial charge is 0.309 e. The van der Waals surface area contributed by atoms with Crippen molar-refractivity contribution in [1.29, 1.82) is 0 Å². The summed E-state index contributed by atoms with van der Waals surface area (Å²) in [5.41, 5.74) is 1.18. The Hall–Kier alpha value is -1.60. The number of unbranched alkanes of at least 4 members (excludes halogenated alkanes) is 2. The average molecular weight is 481 g/mol. The highest BCUT2D eigenvalue weighted by atomic mass is 32.2. The Balaban J connectivity index is 1.81. The van der Waals surface area contributed by atoms with Crippen LogP contribution in [0, 0.1) is 0 Å². The first-order chi connectivity index (χ1) is 15.8. The predicted octanol–water partition coefficient (Wildman–Crippen LogP) is 5.02. The Kier molecular flexibility index (Phi) is 12.2. The van der Waals surface area contributed by atoms with Crippen molar-refractivity contribution in [3.8, 4) is 5.75 Å². The maximum Gasteiger partial charge on any atom is 0.309 e. The van der Waals surface area contributed by atoms with Crippen LogP contribution in [0.1, 0.15) is 84.1 Å². The zero-order valence-corrected chi connectivity index (χ0v) is 21.7. The first-order valence-corrected chi connectivity index (χ1v) is 14.4. The summed E-state index contributed by atoms with van der Waals surface area (Å²) in [5, 5.41) is 0. The fraction of sp³-hybridized carbons (Fsp3) is 0.731. The van der Waals surface area contributed by atoms with Crippen molar-refractivity contribution in [2.24, 2.45) is 0 Å². The molecule has 1 fully saturated rings. The van der Waals surface area contributed by atoms with E-state index in [9.17, 15) is 13.2 Å². The van der Waals surface area contributed by atoms with Crippen LogP contribution < -0.4 is 4.18 Å². The molecule has 1 aromatic rings. The van der Waals surface area contributed by atoms with Gasteiger partial charge in [0.15, 0.2) is 0 Å². The highest BCUT2D eigenvalue weighted by Gasteiger charge is 2.17. The molecule has 0 bridgehead atoms. The Bertz CT molecular complexity index is 795. The van der Waals surface area contributed by atoms with Gasteiger partial charge < -0.3 is 14.0 Å². The van der Waals surface area contributed by atoms with Gasteiger partial charge in [-0.05, 0) is 82.7 Å². The molecule has 2 rings (SSSR count). The molecule has 0 aliphatic carbocycles. The number of nitrogens with zero attached hydrogens (tertiary/aromatic N) is 2. The molecule has 7 heteroatoms. The van der Waals surface area contributed by atoms with Crippen LogP contribution in [0.25, 0.3) is 0 Å². The molecule has 1 atom stereocenters. The van der Waals surface area contributed by atoms with E-state index in [1.165, 1.54) is 12.0 Å². The van der Waals surface area contributed by atoms with E-state index in [1.54, 1.807) is 12.1 Å². The fourth-order valence-electron chi connectivity index (χ4n) is 4.39. The van der Waals surface area contributed by atoms with E-state index in [2.05, 4.69) is 23.6 Å². The molecule has 1 aliphatic heterocycles. The minimum Gasteiger partial charge on any atom is -0.382 e. The molecule has 1 amide bonds. The Morgan fingerprint density at radius 2 is 1.76 bits per heavy atom. The van der Waals surface area contributed by atoms with Gasteiger partial charge in [0.2, 0.25) is 5.91 Å². The first-order valence-electron chi connectivity index (χ1n) is 12.9. The number of benzene rings is 1. The zero-order valence-electron chi connectivity index (χ0n) is 20.9. The highest BCUT2D eigenvalue weighted by Crippen LogP contribution is 2.18. The number of carbonyl (C=O) groups is 1. The summed E-state index contributed by atoms with van der Waals surface area (Å²) < 4.78 is 29.2. The second-order valence-electron chi connectivity index (χ2n) is 9.33. The third kappa shape index (κ3) is 10.5. The first kappa shape index (κ1) is 27.6. The van der Waals surface area contributed by atoms with Crippen LogP contribution in [-0.4, -0.2) is 62.1 Å². The SMILES string of the molecule is CCCCS(=O)(=O)Oc1ccc(CC(C)N(CCC)CCCCN2CCCCCC2=O)cc1. The van der Waals surface area contributed by atoms with Crippen molar-refractivity contribution in [3.05, 3.63) is 29.8 Å². The van der Waals surface area contributed by atoms with Crippen molar-refractivity contribution in [2.75, 3.05) is 31.9 Å². The molecule has 0 spiro atoms. The molecular weight excluding hydrogens is 436 g/mol. The Morgan fingerprint density at radius 1 is 1.00 bits per heavy atom. The Morgan fingerprint density at radius 3 is 2.45 bits per heavy atom. The van der Waals surface area contributed by atoms with E-state index in [0.717, 1.165) is 71.1 Å². The van der Waals surface area contributed by atoms with E-state index >= 15 is 0 Å². The number of amides is 1. The molecule has 0 N–H and O–H groups in total. The van der Waals surface area contributed by atoms with Crippen LogP contribution in [0.3, 0.4) is 0 Å². The second kappa shape index (κ2) is 14.6. The summed E-state index contributed by atoms with van der Waals surface area (Å²) in [6, 6.07) is 7.85. The molecule has 0 saturated carbocycles. The lowest BCUT2D eigenvalue weighted by molar-refractivity contribution is -0.130. The van der Waals surface area contributed by atoms with E-state index in [-0.39, 0.29) is 5.75 Å². The normalized spacial score (nSPS) is 16.1. The van der Waals surface area contributed by atoms with Gasteiger partial charge in [-0.15, -0.1) is 0 Å². The maximum atomic E-state index is 12.2. The quantitative estimate of drug-likeness (QED) is 0.260. The molecule has 1 aliphatic rings. The second-order valence-corrected chi connectivity index (χ2v) is 11.0. The van der Waals surface area contributed by atoms with Gasteiger partial charge >= 0.3 is 10.1 Å². The maximum absolute atomic E-state index is 12.2. The molecule has 1 aromatic carbocycles. The van der Waals surface area contributed by atoms with Gasteiger partial charge in [-0.3, -0.25) is 4.79 Å². The van der Waals surface area contributed by atoms with E-state index in [0.29, 0.717) is 30.5 Å². The summed E-state index contributed by atoms with van der Waals surface area (Å²) in [7, 11) is -3.51. The third-order valence-electron chi connectivity index (χ3n) is 6.35. The molecule has 1 saturated heterocycles. The number of rotatable bonds is 15. The van der Waals surface area contributed by atoms with Crippen molar-refractivity contribution < 1.29 is 17.4 Å². The molecule has 33 heavy (non-hydrogen) atoms. The van der Waals surface area contributed by atoms with Crippen LogP contribution in [-0.2, 0) is 21.3 Å². The lowest BCUT2D eigenvalue weighted by Gasteiger charge is -2.29. The van der Waals surface area contributed by atoms with Crippen molar-refractivity contribution in [3.63, 3.8) is 0 Å². The van der Waals surface area contributed by atoms with Gasteiger partial charge in [-0.2, -0.15) is 8.42 Å². The zero-order chi connectivity index (χ0) is 24.1. The Labute approximate surface area is 201 Å². The standard InChI is InChI=1S/C26H44N2O4S/c1-4-6-21-33(30,31)32-25-15-13-24(14-16-25)22-23(3)27(17-5-2)18-10-11-20-28-19-9-7-8-12-26(28)29/h13-16,23H,4-12,17-22H2,1-3H3. The van der Waals surface area contributed by atoms with Crippen LogP contribution in [0.15, 0.2) is 24.3 Å². The summed E-state index contributed by atoms with van der Waals surface area (Å²) in [5.74, 6) is 0.771. The lowest BCUT2D eigenvalue weighted by Crippen LogP contribution is -2.37. The van der Waals surface area contributed by atoms with E-state index in [4.69, 9.17) is 4.18 Å². The summed E-state index contributed by atoms with van der Waals surface area (Å²) in [6.07, 6.45) is 9.67. The molecular formula is C26H44N2O4S. The van der Waals surface area contributed by atoms with Crippen LogP contribution in [0.5, 0.6) is 5.75 Å². The van der Waals surface area contributed by atoms with Crippen molar-refractivity contribution >= 4 is 16.0 Å². The number of hydrogen-bond acceptors (Lipinski definition) is 5. The van der Waals surface area contributed by atoms with E-state index in [1.807, 2.05) is 19.1 Å². The topological polar surface area (TPSA) is 66.9 Å². The van der Waals surface area contributed by atoms with Crippen LogP contribution in [0.4, 0.5) is 0 Å². The van der Waals surface area contributed by atoms with Crippen LogP contribution in [0.2, 0.25) is 0 Å². The fourth-order valence-corrected chi connectivity index (χ4v) is 5.52. The summed E-state index contributed by atoms with van der Waals surface area (Å²) >= 11 is 0. The van der Waals surface area contributed by atoms with Gasteiger partial charge in [0.25, 0.3) is 0 Å². The molecule has 0 radical (unpaired) electrons. The molecule has 1 heterocycles. The van der Waals surface area contributed by atoms with Crippen molar-refractivity contribution in [1.82, 2.24) is 9.80 Å². The number of likely N-dealkylation sites (tertiary alicyclic amines) is 1. The minimum atomic E-state index is -3.51. The van der Waals surface area contributed by atoms with Gasteiger partial charge in [-0.1, -0.05) is 38.8 Å². The highest BCUT2D eigenvalue weighted by molar-refractivity contribution is 7.87. The van der Waals surface area contributed by atoms with Crippen molar-refractivity contribution in [2.45, 2.75) is 91.0 Å². The largest absolute Gasteiger partial charge is 0.382 e. The third-order valence-corrected chi connectivity index (χ3v) is 7.59. The summed E-state index contributed by atoms with van der Waals surface area (Å²) in [6.45, 7) is 10.3. The monoisotopic (exact) mass is 480 g/mol. The van der Waals surface area contributed by atoms with Crippen LogP contribution >= 0.6 is 0 Å². The average Bonchev–Trinajstić information content (AvgIpc) is 2.99. The minimum absolute atomic E-state index is 0.0557. The van der Waals surface area contributed by atoms with E-state index < -0.39 is 10.1 Å². The van der Waals surface area contributed by atoms with Gasteiger partial charge in [-0.25, -0.2) is 0 Å². The molecule has 188 valence electrons. The van der Waals surface area contributed by atoms with Gasteiger partial charge in [0, 0.05) is 25.6 Å². The summed E-state index contributed by atoms with van der Waals surface area (Å²) in [4.78, 5) is 16.8.